The lowest BCUT2D eigenvalue weighted by Crippen LogP contribution is -2.34. The van der Waals surface area contributed by atoms with Gasteiger partial charge in [-0.25, -0.2) is 8.42 Å². The minimum atomic E-state index is -3.83. The number of methoxy groups -OCH3 is 1. The molecule has 2 rings (SSSR count). The van der Waals surface area contributed by atoms with Crippen molar-refractivity contribution in [3.8, 4) is 5.75 Å². The van der Waals surface area contributed by atoms with E-state index in [0.717, 1.165) is 25.7 Å². The van der Waals surface area contributed by atoms with Gasteiger partial charge in [0, 0.05) is 6.54 Å². The Morgan fingerprint density at radius 1 is 1.14 bits per heavy atom. The number of ether oxygens (including phenoxy) is 1. The molecule has 0 aliphatic heterocycles. The van der Waals surface area contributed by atoms with Crippen LogP contribution in [0.15, 0.2) is 52.0 Å². The molecule has 0 saturated carbocycles. The number of unbranched alkanes of at least 4 members (excludes halogenated alkanes) is 3. The van der Waals surface area contributed by atoms with E-state index in [0.29, 0.717) is 18.1 Å². The Kier molecular flexibility index (Phi) is 8.53. The van der Waals surface area contributed by atoms with Gasteiger partial charge in [0.15, 0.2) is 0 Å². The zero-order valence-corrected chi connectivity index (χ0v) is 17.1. The van der Waals surface area contributed by atoms with Crippen LogP contribution in [0.4, 0.5) is 0 Å². The van der Waals surface area contributed by atoms with Gasteiger partial charge in [0.25, 0.3) is 0 Å². The van der Waals surface area contributed by atoms with Gasteiger partial charge in [0.2, 0.25) is 15.9 Å². The SMILES string of the molecule is CCCCCCNC(=O)CC(NS(=O)(=O)c1ccc(OC)cc1)c1ccco1. The summed E-state index contributed by atoms with van der Waals surface area (Å²) in [5.41, 5.74) is 0. The second-order valence-electron chi connectivity index (χ2n) is 6.48. The van der Waals surface area contributed by atoms with Gasteiger partial charge < -0.3 is 14.5 Å². The lowest BCUT2D eigenvalue weighted by atomic mass is 10.1. The van der Waals surface area contributed by atoms with Gasteiger partial charge in [-0.15, -0.1) is 0 Å². The maximum Gasteiger partial charge on any atom is 0.241 e. The quantitative estimate of drug-likeness (QED) is 0.525. The van der Waals surface area contributed by atoms with Crippen LogP contribution in [-0.4, -0.2) is 28.0 Å². The highest BCUT2D eigenvalue weighted by Crippen LogP contribution is 2.22. The van der Waals surface area contributed by atoms with E-state index in [2.05, 4.69) is 17.0 Å². The van der Waals surface area contributed by atoms with E-state index in [9.17, 15) is 13.2 Å². The molecule has 1 aromatic heterocycles. The summed E-state index contributed by atoms with van der Waals surface area (Å²) in [6, 6.07) is 8.56. The van der Waals surface area contributed by atoms with E-state index in [1.54, 1.807) is 24.3 Å². The van der Waals surface area contributed by atoms with Crippen LogP contribution >= 0.6 is 0 Å². The summed E-state index contributed by atoms with van der Waals surface area (Å²) in [4.78, 5) is 12.4. The molecule has 0 aliphatic rings. The highest BCUT2D eigenvalue weighted by molar-refractivity contribution is 7.89. The van der Waals surface area contributed by atoms with E-state index in [4.69, 9.17) is 9.15 Å². The molecule has 28 heavy (non-hydrogen) atoms. The molecule has 154 valence electrons. The molecular weight excluding hydrogens is 380 g/mol. The first kappa shape index (κ1) is 22.0. The zero-order chi connectivity index (χ0) is 20.4. The number of carbonyl (C=O) groups is 1. The molecule has 0 spiro atoms. The Morgan fingerprint density at radius 3 is 2.50 bits per heavy atom. The van der Waals surface area contributed by atoms with Gasteiger partial charge in [0.05, 0.1) is 30.7 Å². The highest BCUT2D eigenvalue weighted by Gasteiger charge is 2.25. The molecule has 1 aromatic carbocycles. The smallest absolute Gasteiger partial charge is 0.241 e. The summed E-state index contributed by atoms with van der Waals surface area (Å²) in [5.74, 6) is 0.720. The van der Waals surface area contributed by atoms with Gasteiger partial charge in [-0.3, -0.25) is 4.79 Å². The van der Waals surface area contributed by atoms with Crippen LogP contribution in [0.3, 0.4) is 0 Å². The third-order valence-electron chi connectivity index (χ3n) is 4.30. The third-order valence-corrected chi connectivity index (χ3v) is 5.78. The monoisotopic (exact) mass is 408 g/mol. The number of hydrogen-bond donors (Lipinski definition) is 2. The van der Waals surface area contributed by atoms with Crippen molar-refractivity contribution >= 4 is 15.9 Å². The topological polar surface area (TPSA) is 97.6 Å². The van der Waals surface area contributed by atoms with Crippen LogP contribution in [0.25, 0.3) is 0 Å². The third kappa shape index (κ3) is 6.69. The summed E-state index contributed by atoms with van der Waals surface area (Å²) < 4.78 is 38.4. The number of hydrogen-bond acceptors (Lipinski definition) is 5. The molecule has 0 radical (unpaired) electrons. The fourth-order valence-electron chi connectivity index (χ4n) is 2.74. The lowest BCUT2D eigenvalue weighted by Gasteiger charge is -2.17. The van der Waals surface area contributed by atoms with Crippen molar-refractivity contribution in [1.82, 2.24) is 10.0 Å². The summed E-state index contributed by atoms with van der Waals surface area (Å²) in [6.45, 7) is 2.70. The van der Waals surface area contributed by atoms with Crippen LogP contribution in [0, 0.1) is 0 Å². The van der Waals surface area contributed by atoms with Crippen LogP contribution < -0.4 is 14.8 Å². The first-order valence-electron chi connectivity index (χ1n) is 9.42. The van der Waals surface area contributed by atoms with E-state index in [-0.39, 0.29) is 17.2 Å². The largest absolute Gasteiger partial charge is 0.497 e. The second-order valence-corrected chi connectivity index (χ2v) is 8.19. The Hall–Kier alpha value is -2.32. The van der Waals surface area contributed by atoms with E-state index in [1.165, 1.54) is 25.5 Å². The normalized spacial score (nSPS) is 12.5. The van der Waals surface area contributed by atoms with Crippen molar-refractivity contribution in [2.75, 3.05) is 13.7 Å². The van der Waals surface area contributed by atoms with Crippen molar-refractivity contribution in [3.05, 3.63) is 48.4 Å². The van der Waals surface area contributed by atoms with Crippen LogP contribution in [0.2, 0.25) is 0 Å². The second kappa shape index (κ2) is 10.9. The zero-order valence-electron chi connectivity index (χ0n) is 16.3. The summed E-state index contributed by atoms with van der Waals surface area (Å²) in [5, 5.41) is 2.84. The molecule has 0 fully saturated rings. The number of rotatable bonds is 12. The molecule has 0 aliphatic carbocycles. The molecule has 1 heterocycles. The Morgan fingerprint density at radius 2 is 1.89 bits per heavy atom. The predicted molar refractivity (Wildman–Crippen MR) is 107 cm³/mol. The minimum absolute atomic E-state index is 0.0450. The first-order chi connectivity index (χ1) is 13.5. The van der Waals surface area contributed by atoms with Crippen LogP contribution in [0.5, 0.6) is 5.75 Å². The molecule has 2 aromatic rings. The predicted octanol–water partition coefficient (Wildman–Crippen LogP) is 3.39. The first-order valence-corrected chi connectivity index (χ1v) is 10.9. The Balaban J connectivity index is 2.03. The fraction of sp³-hybridized carbons (Fsp3) is 0.450. The van der Waals surface area contributed by atoms with Gasteiger partial charge in [-0.1, -0.05) is 26.2 Å². The standard InChI is InChI=1S/C20H28N2O5S/c1-3-4-5-6-13-21-20(23)15-18(19-8-7-14-27-19)22-28(24,25)17-11-9-16(26-2)10-12-17/h7-12,14,18,22H,3-6,13,15H2,1-2H3,(H,21,23). The van der Waals surface area contributed by atoms with Gasteiger partial charge >= 0.3 is 0 Å². The van der Waals surface area contributed by atoms with Crippen molar-refractivity contribution in [3.63, 3.8) is 0 Å². The highest BCUT2D eigenvalue weighted by atomic mass is 32.2. The molecule has 1 atom stereocenters. The summed E-state index contributed by atoms with van der Waals surface area (Å²) in [7, 11) is -2.32. The van der Waals surface area contributed by atoms with Crippen molar-refractivity contribution in [1.29, 1.82) is 0 Å². The lowest BCUT2D eigenvalue weighted by molar-refractivity contribution is -0.121. The molecule has 8 heteroatoms. The molecular formula is C20H28N2O5S. The van der Waals surface area contributed by atoms with Crippen molar-refractivity contribution in [2.24, 2.45) is 0 Å². The van der Waals surface area contributed by atoms with E-state index < -0.39 is 16.1 Å². The van der Waals surface area contributed by atoms with Crippen molar-refractivity contribution < 1.29 is 22.4 Å². The molecule has 2 N–H and O–H groups in total. The van der Waals surface area contributed by atoms with Crippen LogP contribution in [0.1, 0.15) is 50.8 Å². The Labute approximate surface area is 166 Å². The van der Waals surface area contributed by atoms with Crippen molar-refractivity contribution in [2.45, 2.75) is 50.0 Å². The fourth-order valence-corrected chi connectivity index (χ4v) is 3.94. The van der Waals surface area contributed by atoms with Gasteiger partial charge in [-0.05, 0) is 42.8 Å². The number of benzene rings is 1. The molecule has 0 saturated heterocycles. The molecule has 7 nitrogen and oxygen atoms in total. The summed E-state index contributed by atoms with van der Waals surface area (Å²) >= 11 is 0. The maximum absolute atomic E-state index is 12.7. The molecule has 1 unspecified atom stereocenters. The van der Waals surface area contributed by atoms with Crippen LogP contribution in [-0.2, 0) is 14.8 Å². The number of sulfonamides is 1. The summed E-state index contributed by atoms with van der Waals surface area (Å²) in [6.07, 6.45) is 5.63. The molecule has 1 amide bonds. The minimum Gasteiger partial charge on any atom is -0.497 e. The number of amides is 1. The number of carbonyl (C=O) groups excluding carboxylic acids is 1. The average Bonchev–Trinajstić information content (AvgIpc) is 3.22. The number of nitrogens with one attached hydrogen (secondary N) is 2. The Bertz CT molecular complexity index is 817. The van der Waals surface area contributed by atoms with E-state index in [1.807, 2.05) is 0 Å². The molecule has 0 bridgehead atoms. The van der Waals surface area contributed by atoms with Gasteiger partial charge in [0.1, 0.15) is 11.5 Å². The average molecular weight is 409 g/mol. The van der Waals surface area contributed by atoms with E-state index >= 15 is 0 Å². The maximum atomic E-state index is 12.7. The number of furan rings is 1. The van der Waals surface area contributed by atoms with Gasteiger partial charge in [-0.2, -0.15) is 4.72 Å².